The SMILES string of the molecule is NCCCc1nc2cc(Cl)ccc2n1C1CC1. The molecular weight excluding hydrogens is 234 g/mol. The molecule has 0 saturated heterocycles. The molecule has 1 saturated carbocycles. The van der Waals surface area contributed by atoms with Crippen molar-refractivity contribution < 1.29 is 0 Å². The number of aryl methyl sites for hydroxylation is 1. The van der Waals surface area contributed by atoms with Crippen molar-refractivity contribution in [3.8, 4) is 0 Å². The van der Waals surface area contributed by atoms with E-state index >= 15 is 0 Å². The predicted octanol–water partition coefficient (Wildman–Crippen LogP) is 2.92. The second-order valence-electron chi connectivity index (χ2n) is 4.65. The van der Waals surface area contributed by atoms with E-state index < -0.39 is 0 Å². The number of benzene rings is 1. The maximum Gasteiger partial charge on any atom is 0.110 e. The van der Waals surface area contributed by atoms with Gasteiger partial charge < -0.3 is 10.3 Å². The molecule has 2 N–H and O–H groups in total. The van der Waals surface area contributed by atoms with Gasteiger partial charge in [0.2, 0.25) is 0 Å². The number of nitrogens with two attached hydrogens (primary N) is 1. The molecule has 1 aliphatic carbocycles. The lowest BCUT2D eigenvalue weighted by Crippen LogP contribution is -2.06. The van der Waals surface area contributed by atoms with E-state index in [2.05, 4.69) is 10.6 Å². The standard InChI is InChI=1S/C13H16ClN3/c14-9-3-6-12-11(8-9)16-13(2-1-7-15)17(12)10-4-5-10/h3,6,8,10H,1-2,4-5,7,15H2. The lowest BCUT2D eigenvalue weighted by atomic mass is 10.3. The number of nitrogens with zero attached hydrogens (tertiary/aromatic N) is 2. The highest BCUT2D eigenvalue weighted by molar-refractivity contribution is 6.31. The fourth-order valence-electron chi connectivity index (χ4n) is 2.30. The summed E-state index contributed by atoms with van der Waals surface area (Å²) in [5.41, 5.74) is 7.80. The van der Waals surface area contributed by atoms with Crippen LogP contribution in [0.1, 0.15) is 31.1 Å². The average molecular weight is 250 g/mol. The zero-order valence-electron chi connectivity index (χ0n) is 9.69. The molecule has 0 radical (unpaired) electrons. The summed E-state index contributed by atoms with van der Waals surface area (Å²) in [7, 11) is 0. The second-order valence-corrected chi connectivity index (χ2v) is 5.09. The zero-order valence-corrected chi connectivity index (χ0v) is 10.5. The van der Waals surface area contributed by atoms with E-state index in [1.165, 1.54) is 18.4 Å². The largest absolute Gasteiger partial charge is 0.330 e. The molecule has 90 valence electrons. The van der Waals surface area contributed by atoms with Crippen molar-refractivity contribution in [1.29, 1.82) is 0 Å². The van der Waals surface area contributed by atoms with Crippen LogP contribution < -0.4 is 5.73 Å². The topological polar surface area (TPSA) is 43.8 Å². The van der Waals surface area contributed by atoms with Gasteiger partial charge in [-0.2, -0.15) is 0 Å². The molecule has 1 aromatic heterocycles. The first-order valence-corrected chi connectivity index (χ1v) is 6.54. The van der Waals surface area contributed by atoms with Crippen molar-refractivity contribution >= 4 is 22.6 Å². The molecule has 2 aromatic rings. The number of hydrogen-bond acceptors (Lipinski definition) is 2. The van der Waals surface area contributed by atoms with Gasteiger partial charge in [-0.3, -0.25) is 0 Å². The second kappa shape index (κ2) is 4.31. The number of halogens is 1. The van der Waals surface area contributed by atoms with Gasteiger partial charge in [-0.25, -0.2) is 4.98 Å². The molecule has 0 unspecified atom stereocenters. The molecule has 0 atom stereocenters. The minimum absolute atomic E-state index is 0.647. The minimum Gasteiger partial charge on any atom is -0.330 e. The van der Waals surface area contributed by atoms with Gasteiger partial charge >= 0.3 is 0 Å². The lowest BCUT2D eigenvalue weighted by Gasteiger charge is -2.06. The molecule has 3 nitrogen and oxygen atoms in total. The Bertz CT molecular complexity index is 543. The molecule has 1 aromatic carbocycles. The Morgan fingerprint density at radius 1 is 1.41 bits per heavy atom. The summed E-state index contributed by atoms with van der Waals surface area (Å²) in [6, 6.07) is 6.61. The summed E-state index contributed by atoms with van der Waals surface area (Å²) >= 11 is 6.01. The van der Waals surface area contributed by atoms with Crippen molar-refractivity contribution in [2.75, 3.05) is 6.54 Å². The van der Waals surface area contributed by atoms with Crippen LogP contribution in [0.2, 0.25) is 5.02 Å². The molecule has 0 amide bonds. The maximum atomic E-state index is 6.01. The summed E-state index contributed by atoms with van der Waals surface area (Å²) < 4.78 is 2.38. The Morgan fingerprint density at radius 3 is 2.94 bits per heavy atom. The Balaban J connectivity index is 2.09. The van der Waals surface area contributed by atoms with Crippen LogP contribution in [0.3, 0.4) is 0 Å². The monoisotopic (exact) mass is 249 g/mol. The summed E-state index contributed by atoms with van der Waals surface area (Å²) in [5.74, 6) is 1.16. The molecular formula is C13H16ClN3. The van der Waals surface area contributed by atoms with Crippen LogP contribution in [0.25, 0.3) is 11.0 Å². The Kier molecular flexibility index (Phi) is 2.81. The van der Waals surface area contributed by atoms with Crippen LogP contribution in [0.15, 0.2) is 18.2 Å². The molecule has 4 heteroatoms. The van der Waals surface area contributed by atoms with E-state index in [4.69, 9.17) is 22.3 Å². The van der Waals surface area contributed by atoms with Crippen LogP contribution in [0.5, 0.6) is 0 Å². The Labute approximate surface area is 106 Å². The van der Waals surface area contributed by atoms with Crippen LogP contribution in [-0.2, 0) is 6.42 Å². The van der Waals surface area contributed by atoms with Crippen molar-refractivity contribution in [1.82, 2.24) is 9.55 Å². The molecule has 0 aliphatic heterocycles. The Morgan fingerprint density at radius 2 is 2.24 bits per heavy atom. The van der Waals surface area contributed by atoms with Crippen LogP contribution in [0, 0.1) is 0 Å². The zero-order chi connectivity index (χ0) is 11.8. The number of aromatic nitrogens is 2. The summed E-state index contributed by atoms with van der Waals surface area (Å²) in [6.45, 7) is 0.717. The first kappa shape index (κ1) is 11.1. The number of hydrogen-bond donors (Lipinski definition) is 1. The Hall–Kier alpha value is -1.06. The van der Waals surface area contributed by atoms with Crippen molar-refractivity contribution in [2.45, 2.75) is 31.7 Å². The molecule has 17 heavy (non-hydrogen) atoms. The van der Waals surface area contributed by atoms with Gasteiger partial charge in [0.1, 0.15) is 5.82 Å². The van der Waals surface area contributed by atoms with E-state index in [1.807, 2.05) is 12.1 Å². The molecule has 1 fully saturated rings. The maximum absolute atomic E-state index is 6.01. The molecule has 0 spiro atoms. The summed E-state index contributed by atoms with van der Waals surface area (Å²) in [4.78, 5) is 4.70. The number of fused-ring (bicyclic) bond motifs is 1. The third-order valence-electron chi connectivity index (χ3n) is 3.24. The fraction of sp³-hybridized carbons (Fsp3) is 0.462. The molecule has 0 bridgehead atoms. The van der Waals surface area contributed by atoms with E-state index in [-0.39, 0.29) is 0 Å². The quantitative estimate of drug-likeness (QED) is 0.906. The van der Waals surface area contributed by atoms with Gasteiger partial charge in [-0.15, -0.1) is 0 Å². The third-order valence-corrected chi connectivity index (χ3v) is 3.48. The predicted molar refractivity (Wildman–Crippen MR) is 70.4 cm³/mol. The number of imidazole rings is 1. The first-order chi connectivity index (χ1) is 8.29. The minimum atomic E-state index is 0.647. The fourth-order valence-corrected chi connectivity index (χ4v) is 2.46. The molecule has 3 rings (SSSR count). The van der Waals surface area contributed by atoms with E-state index in [0.29, 0.717) is 12.6 Å². The highest BCUT2D eigenvalue weighted by atomic mass is 35.5. The van der Waals surface area contributed by atoms with Crippen LogP contribution in [0.4, 0.5) is 0 Å². The van der Waals surface area contributed by atoms with Gasteiger partial charge in [-0.1, -0.05) is 11.6 Å². The highest BCUT2D eigenvalue weighted by Gasteiger charge is 2.27. The normalized spacial score (nSPS) is 15.6. The van der Waals surface area contributed by atoms with Gasteiger partial charge in [-0.05, 0) is 44.0 Å². The van der Waals surface area contributed by atoms with Crippen molar-refractivity contribution in [3.05, 3.63) is 29.0 Å². The molecule has 1 aliphatic rings. The first-order valence-electron chi connectivity index (χ1n) is 6.16. The lowest BCUT2D eigenvalue weighted by molar-refractivity contribution is 0.674. The van der Waals surface area contributed by atoms with Crippen molar-refractivity contribution in [2.24, 2.45) is 5.73 Å². The van der Waals surface area contributed by atoms with Gasteiger partial charge in [0, 0.05) is 17.5 Å². The summed E-state index contributed by atoms with van der Waals surface area (Å²) in [6.07, 6.45) is 4.48. The van der Waals surface area contributed by atoms with E-state index in [9.17, 15) is 0 Å². The van der Waals surface area contributed by atoms with Gasteiger partial charge in [0.25, 0.3) is 0 Å². The van der Waals surface area contributed by atoms with Crippen LogP contribution >= 0.6 is 11.6 Å². The van der Waals surface area contributed by atoms with Crippen LogP contribution in [-0.4, -0.2) is 16.1 Å². The molecule has 1 heterocycles. The smallest absolute Gasteiger partial charge is 0.110 e. The highest BCUT2D eigenvalue weighted by Crippen LogP contribution is 2.39. The van der Waals surface area contributed by atoms with Crippen molar-refractivity contribution in [3.63, 3.8) is 0 Å². The van der Waals surface area contributed by atoms with Gasteiger partial charge in [0.05, 0.1) is 11.0 Å². The van der Waals surface area contributed by atoms with E-state index in [1.54, 1.807) is 0 Å². The third kappa shape index (κ3) is 2.05. The number of rotatable bonds is 4. The van der Waals surface area contributed by atoms with Gasteiger partial charge in [0.15, 0.2) is 0 Å². The van der Waals surface area contributed by atoms with E-state index in [0.717, 1.165) is 29.2 Å². The summed E-state index contributed by atoms with van der Waals surface area (Å²) in [5, 5.41) is 0.753. The average Bonchev–Trinajstić information content (AvgIpc) is 3.08.